The Balaban J connectivity index is 1.51. The SMILES string of the molecule is CCN(CC)C(=O)O/N=C(/C(=O)c1ccc(Sc2ccc(C(=O)/C(=N/OC(=O)N(CC)CC)C3(CC)CCCC3)cc2)cc1)C1(CC)CCCC1. The third kappa shape index (κ3) is 9.28. The van der Waals surface area contributed by atoms with Gasteiger partial charge in [0, 0.05) is 57.9 Å². The Morgan fingerprint density at radius 1 is 0.569 bits per heavy atom. The van der Waals surface area contributed by atoms with Crippen molar-refractivity contribution in [2.24, 2.45) is 21.1 Å². The fraction of sp³-hybridized carbons (Fsp3) is 0.550. The third-order valence-electron chi connectivity index (χ3n) is 10.9. The summed E-state index contributed by atoms with van der Waals surface area (Å²) in [4.78, 5) is 68.7. The lowest BCUT2D eigenvalue weighted by Gasteiger charge is -2.28. The van der Waals surface area contributed by atoms with Crippen molar-refractivity contribution in [2.75, 3.05) is 26.2 Å². The van der Waals surface area contributed by atoms with Gasteiger partial charge in [0.1, 0.15) is 11.4 Å². The summed E-state index contributed by atoms with van der Waals surface area (Å²) >= 11 is 1.52. The molecule has 2 amide bonds. The highest BCUT2D eigenvalue weighted by atomic mass is 32.2. The maximum atomic E-state index is 13.9. The molecular weight excluding hydrogens is 665 g/mol. The second-order valence-corrected chi connectivity index (χ2v) is 14.6. The number of oxime groups is 2. The molecule has 0 spiro atoms. The van der Waals surface area contributed by atoms with Crippen LogP contribution < -0.4 is 0 Å². The molecule has 2 aliphatic rings. The van der Waals surface area contributed by atoms with E-state index in [-0.39, 0.29) is 11.6 Å². The average Bonchev–Trinajstić information content (AvgIpc) is 3.85. The summed E-state index contributed by atoms with van der Waals surface area (Å²) in [5.41, 5.74) is 0.776. The van der Waals surface area contributed by atoms with E-state index in [2.05, 4.69) is 24.2 Å². The lowest BCUT2D eigenvalue weighted by molar-refractivity contribution is 0.0984. The molecule has 0 saturated heterocycles. The van der Waals surface area contributed by atoms with Crippen LogP contribution in [-0.4, -0.2) is 71.2 Å². The summed E-state index contributed by atoms with van der Waals surface area (Å²) in [7, 11) is 0. The second kappa shape index (κ2) is 18.5. The van der Waals surface area contributed by atoms with Crippen molar-refractivity contribution in [1.82, 2.24) is 9.80 Å². The van der Waals surface area contributed by atoms with Crippen LogP contribution in [0.15, 0.2) is 68.6 Å². The van der Waals surface area contributed by atoms with Gasteiger partial charge in [-0.15, -0.1) is 0 Å². The van der Waals surface area contributed by atoms with Gasteiger partial charge in [-0.05, 0) is 115 Å². The minimum atomic E-state index is -0.556. The number of rotatable bonds is 16. The van der Waals surface area contributed by atoms with Crippen LogP contribution in [-0.2, 0) is 9.68 Å². The number of amides is 2. The van der Waals surface area contributed by atoms with Gasteiger partial charge in [0.05, 0.1) is 0 Å². The van der Waals surface area contributed by atoms with E-state index in [0.717, 1.165) is 74.0 Å². The highest BCUT2D eigenvalue weighted by Gasteiger charge is 2.43. The van der Waals surface area contributed by atoms with Crippen molar-refractivity contribution in [2.45, 2.75) is 116 Å². The Hall–Kier alpha value is -3.99. The van der Waals surface area contributed by atoms with Crippen LogP contribution in [0.5, 0.6) is 0 Å². The number of ketones is 2. The first-order valence-electron chi connectivity index (χ1n) is 18.7. The summed E-state index contributed by atoms with van der Waals surface area (Å²) < 4.78 is 0. The van der Waals surface area contributed by atoms with Gasteiger partial charge in [0.25, 0.3) is 0 Å². The fourth-order valence-corrected chi connectivity index (χ4v) is 8.20. The van der Waals surface area contributed by atoms with E-state index in [9.17, 15) is 19.2 Å². The van der Waals surface area contributed by atoms with Crippen LogP contribution in [0.4, 0.5) is 9.59 Å². The lowest BCUT2D eigenvalue weighted by atomic mass is 9.76. The minimum absolute atomic E-state index is 0.224. The van der Waals surface area contributed by atoms with E-state index in [4.69, 9.17) is 9.68 Å². The van der Waals surface area contributed by atoms with Crippen molar-refractivity contribution in [3.05, 3.63) is 59.7 Å². The van der Waals surface area contributed by atoms with Crippen LogP contribution in [0, 0.1) is 10.8 Å². The quantitative estimate of drug-likeness (QED) is 0.0734. The van der Waals surface area contributed by atoms with Gasteiger partial charge in [-0.3, -0.25) is 19.3 Å². The number of hydrogen-bond donors (Lipinski definition) is 0. The zero-order valence-electron chi connectivity index (χ0n) is 31.2. The standard InChI is InChI=1S/C40H54N4O6S/c1-7-39(25-13-14-26-39)35(41-49-37(47)43(9-3)10-4)33(45)29-17-21-31(22-18-29)51-32-23-19-30(20-24-32)34(46)36(40(8-2)27-15-16-28-40)42-50-38(48)44(11-5)12-6/h17-24H,7-16,25-28H2,1-6H3/b41-35-,42-36-. The first kappa shape index (κ1) is 39.8. The highest BCUT2D eigenvalue weighted by molar-refractivity contribution is 7.99. The molecule has 10 nitrogen and oxygen atoms in total. The predicted molar refractivity (Wildman–Crippen MR) is 202 cm³/mol. The molecule has 51 heavy (non-hydrogen) atoms. The third-order valence-corrected chi connectivity index (χ3v) is 11.9. The smallest absolute Gasteiger partial charge is 0.307 e. The molecule has 2 fully saturated rings. The highest BCUT2D eigenvalue weighted by Crippen LogP contribution is 2.44. The monoisotopic (exact) mass is 718 g/mol. The summed E-state index contributed by atoms with van der Waals surface area (Å²) in [5, 5.41) is 8.49. The Labute approximate surface area is 307 Å². The number of Topliss-reactive ketones (excluding diaryl/α,β-unsaturated/α-hetero) is 2. The zero-order chi connectivity index (χ0) is 37.0. The van der Waals surface area contributed by atoms with Gasteiger partial charge >= 0.3 is 12.2 Å². The summed E-state index contributed by atoms with van der Waals surface area (Å²) in [6, 6.07) is 14.7. The van der Waals surface area contributed by atoms with E-state index in [1.807, 2.05) is 52.0 Å². The molecule has 276 valence electrons. The predicted octanol–water partition coefficient (Wildman–Crippen LogP) is 9.81. The molecule has 0 unspecified atom stereocenters. The molecule has 0 bridgehead atoms. The van der Waals surface area contributed by atoms with Crippen LogP contribution in [0.1, 0.15) is 126 Å². The molecule has 0 aliphatic heterocycles. The second-order valence-electron chi connectivity index (χ2n) is 13.4. The molecule has 11 heteroatoms. The molecule has 0 N–H and O–H groups in total. The largest absolute Gasteiger partial charge is 0.435 e. The lowest BCUT2D eigenvalue weighted by Crippen LogP contribution is -2.36. The van der Waals surface area contributed by atoms with Crippen LogP contribution in [0.3, 0.4) is 0 Å². The van der Waals surface area contributed by atoms with Gasteiger partial charge < -0.3 is 9.80 Å². The number of nitrogens with zero attached hydrogens (tertiary/aromatic N) is 4. The van der Waals surface area contributed by atoms with E-state index in [0.29, 0.717) is 48.7 Å². The number of hydrogen-bond acceptors (Lipinski definition) is 9. The van der Waals surface area contributed by atoms with Crippen molar-refractivity contribution >= 4 is 46.9 Å². The summed E-state index contributed by atoms with van der Waals surface area (Å²) in [6.07, 6.45) is 7.69. The van der Waals surface area contributed by atoms with Crippen molar-refractivity contribution in [3.63, 3.8) is 0 Å². The fourth-order valence-electron chi connectivity index (χ4n) is 7.38. The van der Waals surface area contributed by atoms with Crippen molar-refractivity contribution < 1.29 is 28.9 Å². The summed E-state index contributed by atoms with van der Waals surface area (Å²) in [5.74, 6) is -0.448. The van der Waals surface area contributed by atoms with Gasteiger partial charge in [-0.25, -0.2) is 9.59 Å². The molecule has 0 atom stereocenters. The van der Waals surface area contributed by atoms with Crippen molar-refractivity contribution in [1.29, 1.82) is 0 Å². The number of carbonyl (C=O) groups is 4. The van der Waals surface area contributed by atoms with E-state index in [1.165, 1.54) is 21.6 Å². The molecule has 2 aliphatic carbocycles. The van der Waals surface area contributed by atoms with Crippen LogP contribution >= 0.6 is 11.8 Å². The van der Waals surface area contributed by atoms with Crippen LogP contribution in [0.25, 0.3) is 0 Å². The molecule has 0 radical (unpaired) electrons. The normalized spacial score (nSPS) is 16.8. The average molecular weight is 719 g/mol. The van der Waals surface area contributed by atoms with Gasteiger partial charge in [-0.2, -0.15) is 0 Å². The zero-order valence-corrected chi connectivity index (χ0v) is 32.0. The first-order valence-corrected chi connectivity index (χ1v) is 19.5. The van der Waals surface area contributed by atoms with Gasteiger partial charge in [0.2, 0.25) is 11.6 Å². The van der Waals surface area contributed by atoms with Gasteiger partial charge in [0.15, 0.2) is 0 Å². The Kier molecular flexibility index (Phi) is 14.4. The number of carbonyl (C=O) groups excluding carboxylic acids is 4. The Morgan fingerprint density at radius 2 is 0.882 bits per heavy atom. The van der Waals surface area contributed by atoms with Gasteiger partial charge in [-0.1, -0.05) is 61.6 Å². The first-order chi connectivity index (χ1) is 24.6. The van der Waals surface area contributed by atoms with E-state index in [1.54, 1.807) is 24.3 Å². The molecule has 4 rings (SSSR count). The molecule has 2 aromatic rings. The summed E-state index contributed by atoms with van der Waals surface area (Å²) in [6.45, 7) is 13.6. The van der Waals surface area contributed by atoms with Crippen molar-refractivity contribution in [3.8, 4) is 0 Å². The maximum Gasteiger partial charge on any atom is 0.435 e. The Bertz CT molecular complexity index is 1450. The molecular formula is C40H54N4O6S. The molecule has 2 saturated carbocycles. The number of benzene rings is 2. The molecule has 2 aromatic carbocycles. The maximum absolute atomic E-state index is 13.9. The Morgan fingerprint density at radius 3 is 1.16 bits per heavy atom. The van der Waals surface area contributed by atoms with Crippen LogP contribution in [0.2, 0.25) is 0 Å². The molecule has 0 heterocycles. The van der Waals surface area contributed by atoms with E-state index >= 15 is 0 Å². The molecule has 0 aromatic heterocycles. The minimum Gasteiger partial charge on any atom is -0.307 e. The topological polar surface area (TPSA) is 118 Å². The van der Waals surface area contributed by atoms with E-state index < -0.39 is 23.0 Å².